The van der Waals surface area contributed by atoms with E-state index in [0.29, 0.717) is 20.8 Å². The van der Waals surface area contributed by atoms with Crippen molar-refractivity contribution in [1.29, 1.82) is 0 Å². The van der Waals surface area contributed by atoms with Crippen LogP contribution in [0.4, 0.5) is 5.69 Å². The highest BCUT2D eigenvalue weighted by atomic mass is 35.5. The molecule has 0 fully saturated rings. The number of para-hydroxylation sites is 1. The van der Waals surface area contributed by atoms with Crippen molar-refractivity contribution >= 4 is 46.1 Å². The van der Waals surface area contributed by atoms with E-state index < -0.39 is 0 Å². The molecule has 1 aromatic heterocycles. The molecular formula is C14H11Cl2NOS. The average molecular weight is 312 g/mol. The van der Waals surface area contributed by atoms with Crippen LogP contribution in [-0.2, 0) is 6.42 Å². The summed E-state index contributed by atoms with van der Waals surface area (Å²) in [6.07, 6.45) is 0.887. The lowest BCUT2D eigenvalue weighted by atomic mass is 10.1. The number of rotatable bonds is 1. The third-order valence-electron chi connectivity index (χ3n) is 3.33. The summed E-state index contributed by atoms with van der Waals surface area (Å²) in [6, 6.07) is 7.76. The zero-order chi connectivity index (χ0) is 13.6. The van der Waals surface area contributed by atoms with Gasteiger partial charge in [0.25, 0.3) is 5.91 Å². The maximum atomic E-state index is 12.6. The number of amides is 1. The molecule has 0 bridgehead atoms. The first-order chi connectivity index (χ1) is 9.08. The van der Waals surface area contributed by atoms with Gasteiger partial charge in [0.1, 0.15) is 4.34 Å². The fourth-order valence-corrected chi connectivity index (χ4v) is 3.93. The van der Waals surface area contributed by atoms with E-state index in [1.54, 1.807) is 11.0 Å². The van der Waals surface area contributed by atoms with Crippen molar-refractivity contribution < 1.29 is 4.79 Å². The largest absolute Gasteiger partial charge is 0.307 e. The molecule has 1 aliphatic rings. The van der Waals surface area contributed by atoms with E-state index in [4.69, 9.17) is 23.2 Å². The molecular weight excluding hydrogens is 301 g/mol. The second-order valence-electron chi connectivity index (χ2n) is 4.53. The van der Waals surface area contributed by atoms with Crippen LogP contribution in [0, 0.1) is 6.92 Å². The van der Waals surface area contributed by atoms with Crippen molar-refractivity contribution in [3.8, 4) is 0 Å². The Morgan fingerprint density at radius 3 is 2.84 bits per heavy atom. The molecule has 2 aromatic rings. The van der Waals surface area contributed by atoms with Crippen molar-refractivity contribution in [3.63, 3.8) is 0 Å². The normalized spacial score (nSPS) is 13.7. The number of nitrogens with zero attached hydrogens (tertiary/aromatic N) is 1. The first kappa shape index (κ1) is 13.0. The third-order valence-corrected chi connectivity index (χ3v) is 4.82. The van der Waals surface area contributed by atoms with Gasteiger partial charge in [0.05, 0.1) is 15.6 Å². The van der Waals surface area contributed by atoms with Gasteiger partial charge in [-0.05, 0) is 30.5 Å². The van der Waals surface area contributed by atoms with Gasteiger partial charge in [-0.3, -0.25) is 4.79 Å². The number of benzene rings is 1. The van der Waals surface area contributed by atoms with Crippen LogP contribution in [0.15, 0.2) is 24.3 Å². The topological polar surface area (TPSA) is 20.3 Å². The lowest BCUT2D eigenvalue weighted by Gasteiger charge is -2.18. The summed E-state index contributed by atoms with van der Waals surface area (Å²) in [7, 11) is 0. The Morgan fingerprint density at radius 1 is 1.37 bits per heavy atom. The van der Waals surface area contributed by atoms with Gasteiger partial charge < -0.3 is 4.90 Å². The fourth-order valence-electron chi connectivity index (χ4n) is 2.49. The summed E-state index contributed by atoms with van der Waals surface area (Å²) in [5, 5.41) is 0. The lowest BCUT2D eigenvalue weighted by Crippen LogP contribution is -2.29. The number of halogens is 2. The van der Waals surface area contributed by atoms with Gasteiger partial charge in [-0.2, -0.15) is 0 Å². The molecule has 1 aromatic carbocycles. The van der Waals surface area contributed by atoms with E-state index in [0.717, 1.165) is 17.7 Å². The number of hydrogen-bond acceptors (Lipinski definition) is 2. The highest BCUT2D eigenvalue weighted by Crippen LogP contribution is 2.36. The predicted octanol–water partition coefficient (Wildman–Crippen LogP) is 4.57. The van der Waals surface area contributed by atoms with Crippen LogP contribution in [-0.4, -0.2) is 12.5 Å². The zero-order valence-corrected chi connectivity index (χ0v) is 12.6. The van der Waals surface area contributed by atoms with Gasteiger partial charge in [-0.25, -0.2) is 0 Å². The number of hydrogen-bond donors (Lipinski definition) is 0. The van der Waals surface area contributed by atoms with Crippen LogP contribution in [0.2, 0.25) is 8.67 Å². The second kappa shape index (κ2) is 4.82. The summed E-state index contributed by atoms with van der Waals surface area (Å²) < 4.78 is 0.995. The highest BCUT2D eigenvalue weighted by Gasteiger charge is 2.28. The summed E-state index contributed by atoms with van der Waals surface area (Å²) in [5.41, 5.74) is 3.84. The minimum Gasteiger partial charge on any atom is -0.307 e. The Morgan fingerprint density at radius 2 is 2.16 bits per heavy atom. The monoisotopic (exact) mass is 311 g/mol. The molecule has 0 N–H and O–H groups in total. The molecule has 19 heavy (non-hydrogen) atoms. The molecule has 0 atom stereocenters. The highest BCUT2D eigenvalue weighted by molar-refractivity contribution is 7.20. The van der Waals surface area contributed by atoms with Gasteiger partial charge in [0.15, 0.2) is 0 Å². The average Bonchev–Trinajstić information content (AvgIpc) is 2.93. The van der Waals surface area contributed by atoms with E-state index in [1.807, 2.05) is 19.1 Å². The Kier molecular flexibility index (Phi) is 3.29. The molecule has 98 valence electrons. The van der Waals surface area contributed by atoms with Gasteiger partial charge in [-0.1, -0.05) is 41.4 Å². The summed E-state index contributed by atoms with van der Waals surface area (Å²) in [4.78, 5) is 14.4. The van der Waals surface area contributed by atoms with Gasteiger partial charge in [-0.15, -0.1) is 11.3 Å². The fraction of sp³-hybridized carbons (Fsp3) is 0.214. The molecule has 0 saturated heterocycles. The third kappa shape index (κ3) is 2.16. The zero-order valence-electron chi connectivity index (χ0n) is 10.2. The molecule has 0 radical (unpaired) electrons. The lowest BCUT2D eigenvalue weighted by molar-refractivity contribution is 0.0990. The van der Waals surface area contributed by atoms with Gasteiger partial charge in [0.2, 0.25) is 0 Å². The smallest absolute Gasteiger partial charge is 0.260 e. The molecule has 0 aliphatic carbocycles. The molecule has 0 spiro atoms. The number of thiophene rings is 1. The predicted molar refractivity (Wildman–Crippen MR) is 80.9 cm³/mol. The summed E-state index contributed by atoms with van der Waals surface area (Å²) >= 11 is 13.2. The van der Waals surface area contributed by atoms with Crippen LogP contribution in [0.1, 0.15) is 21.5 Å². The van der Waals surface area contributed by atoms with Crippen molar-refractivity contribution in [1.82, 2.24) is 0 Å². The maximum absolute atomic E-state index is 12.6. The number of anilines is 1. The van der Waals surface area contributed by atoms with Crippen LogP contribution < -0.4 is 4.90 Å². The second-order valence-corrected chi connectivity index (χ2v) is 6.81. The van der Waals surface area contributed by atoms with Gasteiger partial charge in [0, 0.05) is 6.54 Å². The molecule has 0 saturated carbocycles. The van der Waals surface area contributed by atoms with Crippen LogP contribution in [0.3, 0.4) is 0 Å². The molecule has 1 amide bonds. The van der Waals surface area contributed by atoms with E-state index >= 15 is 0 Å². The van der Waals surface area contributed by atoms with Crippen LogP contribution in [0.25, 0.3) is 0 Å². The number of carbonyl (C=O) groups is 1. The van der Waals surface area contributed by atoms with E-state index in [-0.39, 0.29) is 5.91 Å². The van der Waals surface area contributed by atoms with E-state index in [2.05, 4.69) is 6.07 Å². The molecule has 2 nitrogen and oxygen atoms in total. The van der Waals surface area contributed by atoms with Crippen molar-refractivity contribution in [2.45, 2.75) is 13.3 Å². The molecule has 1 aliphatic heterocycles. The maximum Gasteiger partial charge on any atom is 0.260 e. The van der Waals surface area contributed by atoms with E-state index in [9.17, 15) is 4.79 Å². The van der Waals surface area contributed by atoms with Crippen molar-refractivity contribution in [2.75, 3.05) is 11.4 Å². The molecule has 5 heteroatoms. The van der Waals surface area contributed by atoms with E-state index in [1.165, 1.54) is 16.9 Å². The standard InChI is InChI=1S/C14H11Cl2NOS/c1-8-3-2-4-9-5-6-17(12(8)9)14(18)10-7-11(15)19-13(10)16/h2-4,7H,5-6H2,1H3. The molecule has 0 unspecified atom stereocenters. The quantitative estimate of drug-likeness (QED) is 0.755. The first-order valence-corrected chi connectivity index (χ1v) is 7.50. The number of fused-ring (bicyclic) bond motifs is 1. The molecule has 2 heterocycles. The number of aryl methyl sites for hydroxylation is 1. The van der Waals surface area contributed by atoms with Crippen molar-refractivity contribution in [2.24, 2.45) is 0 Å². The van der Waals surface area contributed by atoms with Gasteiger partial charge >= 0.3 is 0 Å². The number of carbonyl (C=O) groups excluding carboxylic acids is 1. The summed E-state index contributed by atoms with van der Waals surface area (Å²) in [6.45, 7) is 2.72. The Balaban J connectivity index is 2.02. The van der Waals surface area contributed by atoms with Crippen LogP contribution in [0.5, 0.6) is 0 Å². The summed E-state index contributed by atoms with van der Waals surface area (Å²) in [5.74, 6) is -0.0683. The first-order valence-electron chi connectivity index (χ1n) is 5.93. The SMILES string of the molecule is Cc1cccc2c1N(C(=O)c1cc(Cl)sc1Cl)CC2. The minimum absolute atomic E-state index is 0.0683. The Hall–Kier alpha value is -1.03. The van der Waals surface area contributed by atoms with Crippen LogP contribution >= 0.6 is 34.5 Å². The minimum atomic E-state index is -0.0683. The molecule has 3 rings (SSSR count). The Bertz CT molecular complexity index is 665. The van der Waals surface area contributed by atoms with Crippen molar-refractivity contribution in [3.05, 3.63) is 49.6 Å². The Labute approximate surface area is 125 Å².